The van der Waals surface area contributed by atoms with E-state index in [0.717, 1.165) is 7.11 Å². The highest BCUT2D eigenvalue weighted by Crippen LogP contribution is 2.37. The van der Waals surface area contributed by atoms with Crippen LogP contribution in [0.3, 0.4) is 0 Å². The van der Waals surface area contributed by atoms with Crippen LogP contribution in [0.25, 0.3) is 0 Å². The molecule has 130 valence electrons. The number of aromatic nitrogens is 2. The van der Waals surface area contributed by atoms with Crippen LogP contribution >= 0.6 is 11.6 Å². The van der Waals surface area contributed by atoms with E-state index in [1.54, 1.807) is 32.9 Å². The first-order valence-electron chi connectivity index (χ1n) is 7.08. The minimum atomic E-state index is -2.99. The monoisotopic (exact) mass is 358 g/mol. The number of carbonyl (C=O) groups excluding carboxylic acids is 1. The molecule has 0 fully saturated rings. The molecule has 0 bridgehead atoms. The number of halogens is 3. The molecule has 0 saturated carbocycles. The maximum absolute atomic E-state index is 13.4. The van der Waals surface area contributed by atoms with Crippen LogP contribution in [0.15, 0.2) is 24.3 Å². The number of ether oxygens (including phenoxy) is 2. The number of hydrogen-bond donors (Lipinski definition) is 0. The van der Waals surface area contributed by atoms with Crippen molar-refractivity contribution in [3.05, 3.63) is 40.5 Å². The summed E-state index contributed by atoms with van der Waals surface area (Å²) in [5.74, 6) is -0.984. The summed E-state index contributed by atoms with van der Waals surface area (Å²) in [5.41, 5.74) is -0.646. The zero-order valence-electron chi connectivity index (χ0n) is 13.6. The Kier molecular flexibility index (Phi) is 5.13. The van der Waals surface area contributed by atoms with Crippen molar-refractivity contribution in [2.24, 2.45) is 0 Å². The van der Waals surface area contributed by atoms with Crippen molar-refractivity contribution in [2.45, 2.75) is 32.7 Å². The van der Waals surface area contributed by atoms with Crippen LogP contribution in [-0.2, 0) is 10.2 Å². The summed E-state index contributed by atoms with van der Waals surface area (Å²) < 4.78 is 37.4. The number of hydrogen-bond acceptors (Lipinski definition) is 4. The van der Waals surface area contributed by atoms with Gasteiger partial charge in [0, 0.05) is 10.4 Å². The minimum absolute atomic E-state index is 0.134. The highest BCUT2D eigenvalue weighted by Gasteiger charge is 2.35. The van der Waals surface area contributed by atoms with E-state index in [0.29, 0.717) is 9.70 Å². The fraction of sp³-hybridized carbons (Fsp3) is 0.375. The lowest BCUT2D eigenvalue weighted by atomic mass is 9.89. The molecule has 0 aliphatic rings. The van der Waals surface area contributed by atoms with E-state index < -0.39 is 17.9 Å². The molecule has 0 saturated heterocycles. The van der Waals surface area contributed by atoms with Gasteiger partial charge in [-0.15, -0.1) is 0 Å². The van der Waals surface area contributed by atoms with Gasteiger partial charge in [-0.05, 0) is 18.2 Å². The van der Waals surface area contributed by atoms with Gasteiger partial charge in [0.25, 0.3) is 0 Å². The standard InChI is InChI=1S/C16H17ClF2N2O3/c1-16(2,3)12-11(14(22)23-4)13(21(20-12)15(18)19)24-10-7-5-6-9(17)8-10/h5-8,15H,1-4H3. The lowest BCUT2D eigenvalue weighted by Gasteiger charge is -2.16. The van der Waals surface area contributed by atoms with E-state index in [4.69, 9.17) is 21.1 Å². The number of nitrogens with zero attached hydrogens (tertiary/aromatic N) is 2. The SMILES string of the molecule is COC(=O)c1c(C(C)(C)C)nn(C(F)F)c1Oc1cccc(Cl)c1. The van der Waals surface area contributed by atoms with E-state index in [-0.39, 0.29) is 22.9 Å². The van der Waals surface area contributed by atoms with Crippen LogP contribution in [-0.4, -0.2) is 22.9 Å². The molecule has 24 heavy (non-hydrogen) atoms. The third-order valence-electron chi connectivity index (χ3n) is 3.16. The van der Waals surface area contributed by atoms with Gasteiger partial charge in [-0.1, -0.05) is 38.4 Å². The summed E-state index contributed by atoms with van der Waals surface area (Å²) in [6.07, 6.45) is 0. The van der Waals surface area contributed by atoms with Gasteiger partial charge in [-0.3, -0.25) is 0 Å². The first-order valence-corrected chi connectivity index (χ1v) is 7.45. The maximum atomic E-state index is 13.4. The molecule has 0 aliphatic heterocycles. The van der Waals surface area contributed by atoms with Gasteiger partial charge in [-0.25, -0.2) is 4.79 Å². The Hall–Kier alpha value is -2.15. The second kappa shape index (κ2) is 6.76. The lowest BCUT2D eigenvalue weighted by Crippen LogP contribution is -2.17. The van der Waals surface area contributed by atoms with Gasteiger partial charge in [0.1, 0.15) is 11.3 Å². The second-order valence-corrected chi connectivity index (χ2v) is 6.49. The Labute approximate surface area is 143 Å². The van der Waals surface area contributed by atoms with Crippen LogP contribution in [0.5, 0.6) is 11.6 Å². The van der Waals surface area contributed by atoms with E-state index in [1.807, 2.05) is 0 Å². The number of methoxy groups -OCH3 is 1. The third-order valence-corrected chi connectivity index (χ3v) is 3.40. The van der Waals surface area contributed by atoms with Crippen LogP contribution in [0, 0.1) is 0 Å². The van der Waals surface area contributed by atoms with Gasteiger partial charge in [0.05, 0.1) is 12.8 Å². The fourth-order valence-electron chi connectivity index (χ4n) is 2.10. The summed E-state index contributed by atoms with van der Waals surface area (Å²) in [6, 6.07) is 6.19. The molecule has 0 N–H and O–H groups in total. The number of alkyl halides is 2. The van der Waals surface area contributed by atoms with Crippen molar-refractivity contribution in [3.63, 3.8) is 0 Å². The molecule has 0 radical (unpaired) electrons. The molecule has 0 amide bonds. The summed E-state index contributed by atoms with van der Waals surface area (Å²) >= 11 is 5.88. The molecule has 1 heterocycles. The van der Waals surface area contributed by atoms with E-state index in [1.165, 1.54) is 12.1 Å². The molecule has 0 spiro atoms. The number of esters is 1. The third kappa shape index (κ3) is 3.67. The largest absolute Gasteiger partial charge is 0.465 e. The summed E-state index contributed by atoms with van der Waals surface area (Å²) in [4.78, 5) is 12.2. The number of rotatable bonds is 4. The van der Waals surface area contributed by atoms with Gasteiger partial charge >= 0.3 is 12.5 Å². The first kappa shape index (κ1) is 18.2. The number of benzene rings is 1. The van der Waals surface area contributed by atoms with Gasteiger partial charge in [0.2, 0.25) is 5.88 Å². The van der Waals surface area contributed by atoms with Crippen LogP contribution in [0.2, 0.25) is 5.02 Å². The van der Waals surface area contributed by atoms with Crippen LogP contribution in [0.1, 0.15) is 43.4 Å². The van der Waals surface area contributed by atoms with Gasteiger partial charge in [0.15, 0.2) is 0 Å². The Balaban J connectivity index is 2.66. The fourth-order valence-corrected chi connectivity index (χ4v) is 2.28. The van der Waals surface area contributed by atoms with Crippen molar-refractivity contribution in [3.8, 4) is 11.6 Å². The zero-order valence-corrected chi connectivity index (χ0v) is 14.4. The summed E-state index contributed by atoms with van der Waals surface area (Å²) in [7, 11) is 1.16. The summed E-state index contributed by atoms with van der Waals surface area (Å²) in [5, 5.41) is 4.24. The maximum Gasteiger partial charge on any atom is 0.345 e. The normalized spacial score (nSPS) is 11.7. The average molecular weight is 359 g/mol. The molecular formula is C16H17ClF2N2O3. The van der Waals surface area contributed by atoms with Crippen molar-refractivity contribution in [1.29, 1.82) is 0 Å². The predicted molar refractivity (Wildman–Crippen MR) is 85.0 cm³/mol. The molecule has 1 aromatic carbocycles. The second-order valence-electron chi connectivity index (χ2n) is 6.05. The molecule has 2 rings (SSSR count). The molecule has 8 heteroatoms. The van der Waals surface area contributed by atoms with Crippen LogP contribution < -0.4 is 4.74 Å². The van der Waals surface area contributed by atoms with E-state index in [2.05, 4.69) is 5.10 Å². The molecule has 0 atom stereocenters. The Morgan fingerprint density at radius 1 is 1.33 bits per heavy atom. The number of carbonyl (C=O) groups is 1. The molecule has 2 aromatic rings. The van der Waals surface area contributed by atoms with Crippen molar-refractivity contribution in [1.82, 2.24) is 9.78 Å². The lowest BCUT2D eigenvalue weighted by molar-refractivity contribution is 0.0480. The highest BCUT2D eigenvalue weighted by molar-refractivity contribution is 6.30. The topological polar surface area (TPSA) is 53.3 Å². The molecule has 0 unspecified atom stereocenters. The van der Waals surface area contributed by atoms with Crippen molar-refractivity contribution in [2.75, 3.05) is 7.11 Å². The van der Waals surface area contributed by atoms with E-state index in [9.17, 15) is 13.6 Å². The zero-order chi connectivity index (χ0) is 18.1. The van der Waals surface area contributed by atoms with E-state index >= 15 is 0 Å². The Morgan fingerprint density at radius 2 is 2.00 bits per heavy atom. The summed E-state index contributed by atoms with van der Waals surface area (Å²) in [6.45, 7) is 2.26. The molecule has 5 nitrogen and oxygen atoms in total. The average Bonchev–Trinajstić information content (AvgIpc) is 2.86. The van der Waals surface area contributed by atoms with Crippen LogP contribution in [0.4, 0.5) is 8.78 Å². The van der Waals surface area contributed by atoms with Gasteiger partial charge in [-0.2, -0.15) is 18.6 Å². The molecule has 0 aliphatic carbocycles. The molecule has 1 aromatic heterocycles. The van der Waals surface area contributed by atoms with Crippen molar-refractivity contribution >= 4 is 17.6 Å². The minimum Gasteiger partial charge on any atom is -0.465 e. The first-order chi connectivity index (χ1) is 11.1. The highest BCUT2D eigenvalue weighted by atomic mass is 35.5. The van der Waals surface area contributed by atoms with Gasteiger partial charge < -0.3 is 9.47 Å². The van der Waals surface area contributed by atoms with Crippen molar-refractivity contribution < 1.29 is 23.0 Å². The smallest absolute Gasteiger partial charge is 0.345 e. The Morgan fingerprint density at radius 3 is 2.50 bits per heavy atom. The molecular weight excluding hydrogens is 342 g/mol. The predicted octanol–water partition coefficient (Wildman–Crippen LogP) is 4.81. The Bertz CT molecular complexity index is 754. The quantitative estimate of drug-likeness (QED) is 0.736.